The average molecular weight is 255 g/mol. The molecule has 3 atom stereocenters. The molecule has 1 saturated heterocycles. The first kappa shape index (κ1) is 13.5. The molecule has 2 heterocycles. The molecular formula is C12H21N3O3. The minimum atomic E-state index is -0.341. The number of nitrogens with zero attached hydrogens (tertiary/aromatic N) is 2. The van der Waals surface area contributed by atoms with Crippen LogP contribution in [0.15, 0.2) is 4.52 Å². The minimum Gasteiger partial charge on any atom is -0.392 e. The van der Waals surface area contributed by atoms with E-state index in [4.69, 9.17) is 9.26 Å². The van der Waals surface area contributed by atoms with Crippen molar-refractivity contribution in [3.8, 4) is 0 Å². The highest BCUT2D eigenvalue weighted by Gasteiger charge is 2.33. The van der Waals surface area contributed by atoms with E-state index in [-0.39, 0.29) is 23.7 Å². The maximum Gasteiger partial charge on any atom is 0.243 e. The monoisotopic (exact) mass is 255 g/mol. The fourth-order valence-corrected chi connectivity index (χ4v) is 2.25. The molecule has 0 spiro atoms. The van der Waals surface area contributed by atoms with Gasteiger partial charge in [0.05, 0.1) is 12.1 Å². The maximum atomic E-state index is 9.48. The Labute approximate surface area is 107 Å². The van der Waals surface area contributed by atoms with Crippen molar-refractivity contribution in [2.75, 3.05) is 13.7 Å². The molecule has 102 valence electrons. The number of hydrogen-bond acceptors (Lipinski definition) is 6. The second-order valence-corrected chi connectivity index (χ2v) is 5.82. The van der Waals surface area contributed by atoms with Gasteiger partial charge in [0.1, 0.15) is 6.10 Å². The van der Waals surface area contributed by atoms with Gasteiger partial charge in [0.2, 0.25) is 11.7 Å². The first-order chi connectivity index (χ1) is 8.41. The average Bonchev–Trinajstić information content (AvgIpc) is 2.85. The molecule has 0 amide bonds. The van der Waals surface area contributed by atoms with E-state index >= 15 is 0 Å². The Hall–Kier alpha value is -0.980. The lowest BCUT2D eigenvalue weighted by atomic mass is 9.88. The van der Waals surface area contributed by atoms with Crippen molar-refractivity contribution in [3.63, 3.8) is 0 Å². The van der Waals surface area contributed by atoms with Crippen LogP contribution in [0.4, 0.5) is 0 Å². The van der Waals surface area contributed by atoms with Crippen LogP contribution in [0.5, 0.6) is 0 Å². The van der Waals surface area contributed by atoms with E-state index in [0.29, 0.717) is 24.7 Å². The summed E-state index contributed by atoms with van der Waals surface area (Å²) in [7, 11) is 1.64. The predicted octanol–water partition coefficient (Wildman–Crippen LogP) is 1.20. The van der Waals surface area contributed by atoms with E-state index in [0.717, 1.165) is 0 Å². The van der Waals surface area contributed by atoms with E-state index < -0.39 is 0 Å². The van der Waals surface area contributed by atoms with E-state index in [9.17, 15) is 5.11 Å². The molecule has 6 nitrogen and oxygen atoms in total. The highest BCUT2D eigenvalue weighted by Crippen LogP contribution is 2.34. The van der Waals surface area contributed by atoms with Crippen LogP contribution >= 0.6 is 0 Å². The Morgan fingerprint density at radius 3 is 2.72 bits per heavy atom. The molecule has 0 saturated carbocycles. The van der Waals surface area contributed by atoms with Gasteiger partial charge in [-0.3, -0.25) is 0 Å². The van der Waals surface area contributed by atoms with Gasteiger partial charge in [0.15, 0.2) is 0 Å². The topological polar surface area (TPSA) is 80.4 Å². The minimum absolute atomic E-state index is 0.0567. The van der Waals surface area contributed by atoms with Crippen LogP contribution in [0.25, 0.3) is 0 Å². The molecule has 1 fully saturated rings. The van der Waals surface area contributed by atoms with Gasteiger partial charge in [-0.05, 0) is 11.8 Å². The summed E-state index contributed by atoms with van der Waals surface area (Å²) < 4.78 is 10.7. The Bertz CT molecular complexity index is 400. The van der Waals surface area contributed by atoms with E-state index in [1.165, 1.54) is 0 Å². The summed E-state index contributed by atoms with van der Waals surface area (Å²) in [5.41, 5.74) is -0.0987. The summed E-state index contributed by atoms with van der Waals surface area (Å²) in [6.07, 6.45) is 0.0574. The standard InChI is InChI=1S/C12H21N3O3/c1-12(2,3)9(17-4)10-14-11(18-15-10)8-5-7(16)6-13-8/h7-9,13,16H,5-6H2,1-4H3/t7-,8-,9?/m1/s1. The van der Waals surface area contributed by atoms with Crippen LogP contribution in [0.3, 0.4) is 0 Å². The van der Waals surface area contributed by atoms with Gasteiger partial charge < -0.3 is 19.7 Å². The molecule has 0 aliphatic carbocycles. The number of nitrogens with one attached hydrogen (secondary N) is 1. The largest absolute Gasteiger partial charge is 0.392 e. The van der Waals surface area contributed by atoms with Gasteiger partial charge in [-0.15, -0.1) is 0 Å². The van der Waals surface area contributed by atoms with Crippen molar-refractivity contribution in [1.82, 2.24) is 15.5 Å². The number of aliphatic hydroxyl groups is 1. The number of β-amino-alcohol motifs (C(OH)–C–C–N with tert-alkyl or cyclic N) is 1. The zero-order valence-corrected chi connectivity index (χ0v) is 11.3. The molecular weight excluding hydrogens is 234 g/mol. The highest BCUT2D eigenvalue weighted by molar-refractivity contribution is 5.01. The van der Waals surface area contributed by atoms with E-state index in [2.05, 4.69) is 36.2 Å². The fraction of sp³-hybridized carbons (Fsp3) is 0.833. The first-order valence-electron chi connectivity index (χ1n) is 6.19. The predicted molar refractivity (Wildman–Crippen MR) is 64.9 cm³/mol. The quantitative estimate of drug-likeness (QED) is 0.844. The number of rotatable bonds is 3. The summed E-state index contributed by atoms with van der Waals surface area (Å²) in [4.78, 5) is 4.39. The summed E-state index contributed by atoms with van der Waals surface area (Å²) in [6.45, 7) is 6.76. The number of methoxy groups -OCH3 is 1. The van der Waals surface area contributed by atoms with Crippen molar-refractivity contribution in [3.05, 3.63) is 11.7 Å². The molecule has 1 aromatic rings. The number of hydrogen-bond donors (Lipinski definition) is 2. The molecule has 1 unspecified atom stereocenters. The van der Waals surface area contributed by atoms with Gasteiger partial charge >= 0.3 is 0 Å². The lowest BCUT2D eigenvalue weighted by Gasteiger charge is -2.26. The Kier molecular flexibility index (Phi) is 3.70. The molecule has 1 aliphatic heterocycles. The number of aliphatic hydroxyl groups excluding tert-OH is 1. The highest BCUT2D eigenvalue weighted by atomic mass is 16.5. The normalized spacial score (nSPS) is 26.5. The van der Waals surface area contributed by atoms with Crippen LogP contribution in [0.2, 0.25) is 0 Å². The van der Waals surface area contributed by atoms with Crippen molar-refractivity contribution >= 4 is 0 Å². The SMILES string of the molecule is COC(c1noc([C@H]2C[C@@H](O)CN2)n1)C(C)(C)C. The smallest absolute Gasteiger partial charge is 0.243 e. The molecule has 18 heavy (non-hydrogen) atoms. The van der Waals surface area contributed by atoms with Gasteiger partial charge in [0.25, 0.3) is 0 Å². The lowest BCUT2D eigenvalue weighted by Crippen LogP contribution is -2.21. The Morgan fingerprint density at radius 1 is 1.50 bits per heavy atom. The van der Waals surface area contributed by atoms with Gasteiger partial charge in [0, 0.05) is 13.7 Å². The summed E-state index contributed by atoms with van der Waals surface area (Å²) in [6, 6.07) is -0.0567. The Morgan fingerprint density at radius 2 is 2.22 bits per heavy atom. The molecule has 2 rings (SSSR count). The molecule has 1 aliphatic rings. The molecule has 0 bridgehead atoms. The molecule has 6 heteroatoms. The summed E-state index contributed by atoms with van der Waals surface area (Å²) >= 11 is 0. The molecule has 0 radical (unpaired) electrons. The van der Waals surface area contributed by atoms with Gasteiger partial charge in [-0.1, -0.05) is 25.9 Å². The zero-order valence-electron chi connectivity index (χ0n) is 11.3. The molecule has 2 N–H and O–H groups in total. The molecule has 0 aromatic carbocycles. The Balaban J connectivity index is 2.14. The first-order valence-corrected chi connectivity index (χ1v) is 6.19. The third-order valence-electron chi connectivity index (χ3n) is 3.12. The fourth-order valence-electron chi connectivity index (χ4n) is 2.25. The number of ether oxygens (including phenoxy) is 1. The third-order valence-corrected chi connectivity index (χ3v) is 3.12. The van der Waals surface area contributed by atoms with Crippen LogP contribution in [-0.2, 0) is 4.74 Å². The van der Waals surface area contributed by atoms with Crippen LogP contribution < -0.4 is 5.32 Å². The molecule has 1 aromatic heterocycles. The van der Waals surface area contributed by atoms with Crippen molar-refractivity contribution < 1.29 is 14.4 Å². The van der Waals surface area contributed by atoms with Gasteiger partial charge in [-0.2, -0.15) is 4.98 Å². The summed E-state index contributed by atoms with van der Waals surface area (Å²) in [5.74, 6) is 1.08. The second-order valence-electron chi connectivity index (χ2n) is 5.82. The van der Waals surface area contributed by atoms with Gasteiger partial charge in [-0.25, -0.2) is 0 Å². The van der Waals surface area contributed by atoms with Crippen molar-refractivity contribution in [2.45, 2.75) is 45.4 Å². The van der Waals surface area contributed by atoms with Crippen molar-refractivity contribution in [1.29, 1.82) is 0 Å². The lowest BCUT2D eigenvalue weighted by molar-refractivity contribution is 0.00718. The summed E-state index contributed by atoms with van der Waals surface area (Å²) in [5, 5.41) is 16.6. The number of aromatic nitrogens is 2. The van der Waals surface area contributed by atoms with Crippen LogP contribution in [0.1, 0.15) is 51.1 Å². The third kappa shape index (κ3) is 2.71. The van der Waals surface area contributed by atoms with Crippen LogP contribution in [0, 0.1) is 5.41 Å². The van der Waals surface area contributed by atoms with E-state index in [1.54, 1.807) is 7.11 Å². The van der Waals surface area contributed by atoms with E-state index in [1.807, 2.05) is 0 Å². The van der Waals surface area contributed by atoms with Crippen LogP contribution in [-0.4, -0.2) is 35.0 Å². The zero-order chi connectivity index (χ0) is 13.3. The second kappa shape index (κ2) is 4.95. The van der Waals surface area contributed by atoms with Crippen molar-refractivity contribution in [2.24, 2.45) is 5.41 Å². The maximum absolute atomic E-state index is 9.48.